The van der Waals surface area contributed by atoms with Crippen LogP contribution in [0.4, 0.5) is 0 Å². The third kappa shape index (κ3) is 5.81. The Morgan fingerprint density at radius 3 is 2.20 bits per heavy atom. The molecule has 2 N–H and O–H groups in total. The molecule has 0 spiro atoms. The van der Waals surface area contributed by atoms with E-state index in [0.717, 1.165) is 14.2 Å². The summed E-state index contributed by atoms with van der Waals surface area (Å²) in [5.41, 5.74) is 0.439. The summed E-state index contributed by atoms with van der Waals surface area (Å²) in [5, 5.41) is 28.5. The maximum Gasteiger partial charge on any atom is 0.340 e. The molecule has 0 bridgehead atoms. The van der Waals surface area contributed by atoms with Crippen LogP contribution < -0.4 is 0 Å². The molecule has 1 rings (SSSR count). The highest BCUT2D eigenvalue weighted by Crippen LogP contribution is 2.21. The summed E-state index contributed by atoms with van der Waals surface area (Å²) >= 11 is 0. The number of nitrogens with zero attached hydrogens (tertiary/aromatic N) is 1. The number of hydrogen-bond donors (Lipinski definition) is 2. The van der Waals surface area contributed by atoms with Gasteiger partial charge in [-0.25, -0.2) is 9.59 Å². The molecule has 0 aliphatic rings. The van der Waals surface area contributed by atoms with Crippen LogP contribution in [0, 0.1) is 11.3 Å². The predicted molar refractivity (Wildman–Crippen MR) is 81.7 cm³/mol. The maximum atomic E-state index is 11.6. The number of carbonyl (C=O) groups is 2. The summed E-state index contributed by atoms with van der Waals surface area (Å²) in [6, 6.07) is 10.1. The highest BCUT2D eigenvalue weighted by molar-refractivity contribution is 5.76. The number of benzene rings is 1. The molecule has 0 saturated carbocycles. The third-order valence-electron chi connectivity index (χ3n) is 3.12. The van der Waals surface area contributed by atoms with Crippen LogP contribution in [0.2, 0.25) is 0 Å². The van der Waals surface area contributed by atoms with Crippen molar-refractivity contribution in [2.24, 2.45) is 0 Å². The van der Waals surface area contributed by atoms with E-state index < -0.39 is 43.1 Å². The average molecular weight is 353 g/mol. The molecule has 1 aromatic rings. The van der Waals surface area contributed by atoms with Gasteiger partial charge >= 0.3 is 11.9 Å². The highest BCUT2D eigenvalue weighted by Gasteiger charge is 2.36. The van der Waals surface area contributed by atoms with Gasteiger partial charge in [0.1, 0.15) is 0 Å². The first kappa shape index (κ1) is 20.5. The molecule has 1 aromatic carbocycles. The molecule has 0 saturated heterocycles. The van der Waals surface area contributed by atoms with Crippen molar-refractivity contribution in [2.75, 3.05) is 20.8 Å². The van der Waals surface area contributed by atoms with Crippen LogP contribution >= 0.6 is 0 Å². The van der Waals surface area contributed by atoms with E-state index in [9.17, 15) is 25.1 Å². The number of esters is 2. The molecule has 0 fully saturated rings. The van der Waals surface area contributed by atoms with Crippen LogP contribution in [0.3, 0.4) is 0 Å². The third-order valence-corrected chi connectivity index (χ3v) is 3.12. The minimum atomic E-state index is -1.96. The Kier molecular flexibility index (Phi) is 8.52. The Morgan fingerprint density at radius 1 is 1.12 bits per heavy atom. The summed E-state index contributed by atoms with van der Waals surface area (Å²) in [6.45, 7) is -0.789. The van der Waals surface area contributed by atoms with Crippen molar-refractivity contribution in [3.05, 3.63) is 35.9 Å². The zero-order valence-electron chi connectivity index (χ0n) is 13.7. The topological polar surface area (TPSA) is 135 Å². The molecule has 0 aromatic heterocycles. The molecule has 0 aliphatic heterocycles. The zero-order chi connectivity index (χ0) is 18.8. The molecule has 9 nitrogen and oxygen atoms in total. The Balaban J connectivity index is 3.03. The molecule has 0 heterocycles. The minimum Gasteiger partial charge on any atom is -0.467 e. The lowest BCUT2D eigenvalue weighted by Crippen LogP contribution is -2.44. The smallest absolute Gasteiger partial charge is 0.340 e. The summed E-state index contributed by atoms with van der Waals surface area (Å²) in [4.78, 5) is 23.1. The van der Waals surface area contributed by atoms with Crippen LogP contribution in [-0.4, -0.2) is 61.5 Å². The van der Waals surface area contributed by atoms with E-state index in [4.69, 9.17) is 9.47 Å². The lowest BCUT2D eigenvalue weighted by atomic mass is 10.1. The maximum absolute atomic E-state index is 11.6. The number of nitriles is 1. The number of carbonyl (C=O) groups excluding carboxylic acids is 2. The van der Waals surface area contributed by atoms with Crippen molar-refractivity contribution in [3.63, 3.8) is 0 Å². The van der Waals surface area contributed by atoms with E-state index >= 15 is 0 Å². The molecule has 0 amide bonds. The monoisotopic (exact) mass is 353 g/mol. The summed E-state index contributed by atoms with van der Waals surface area (Å²) in [6.07, 6.45) is -6.44. The van der Waals surface area contributed by atoms with Crippen LogP contribution in [0.25, 0.3) is 0 Å². The van der Waals surface area contributed by atoms with Crippen molar-refractivity contribution < 1.29 is 38.7 Å². The van der Waals surface area contributed by atoms with E-state index in [0.29, 0.717) is 5.56 Å². The minimum absolute atomic E-state index is 0.439. The second-order valence-electron chi connectivity index (χ2n) is 4.72. The first-order valence-electron chi connectivity index (χ1n) is 7.18. The van der Waals surface area contributed by atoms with Crippen molar-refractivity contribution in [1.82, 2.24) is 0 Å². The van der Waals surface area contributed by atoms with Crippen molar-refractivity contribution >= 4 is 11.9 Å². The normalized spacial score (nSPS) is 15.3. The standard InChI is InChI=1S/C16H19NO8/c1-22-14(20)12(9-18)25-16(13(19)15(21)23-2)24-11(8-17)10-6-4-3-5-7-10/h3-7,11-13,16,18-19H,9H2,1-2H3/t11-,12?,13?,16?/m1/s1. The van der Waals surface area contributed by atoms with Gasteiger partial charge in [0.2, 0.25) is 6.10 Å². The Bertz CT molecular complexity index is 600. The molecule has 4 atom stereocenters. The van der Waals surface area contributed by atoms with E-state index in [1.807, 2.05) is 6.07 Å². The lowest BCUT2D eigenvalue weighted by molar-refractivity contribution is -0.240. The van der Waals surface area contributed by atoms with Gasteiger partial charge in [0.15, 0.2) is 18.5 Å². The molecule has 0 radical (unpaired) electrons. The predicted octanol–water partition coefficient (Wildman–Crippen LogP) is -0.322. The van der Waals surface area contributed by atoms with Crippen LogP contribution in [-0.2, 0) is 28.5 Å². The van der Waals surface area contributed by atoms with Gasteiger partial charge in [0.05, 0.1) is 26.9 Å². The molecule has 3 unspecified atom stereocenters. The fourth-order valence-corrected chi connectivity index (χ4v) is 1.82. The van der Waals surface area contributed by atoms with Gasteiger partial charge < -0.3 is 29.2 Å². The summed E-state index contributed by atoms with van der Waals surface area (Å²) < 4.78 is 19.3. The second kappa shape index (κ2) is 10.4. The molecule has 0 aliphatic carbocycles. The first-order valence-corrected chi connectivity index (χ1v) is 7.18. The summed E-state index contributed by atoms with van der Waals surface area (Å²) in [7, 11) is 2.11. The summed E-state index contributed by atoms with van der Waals surface area (Å²) in [5.74, 6) is -2.04. The largest absolute Gasteiger partial charge is 0.467 e. The fourth-order valence-electron chi connectivity index (χ4n) is 1.82. The Morgan fingerprint density at radius 2 is 1.72 bits per heavy atom. The molecule has 9 heteroatoms. The van der Waals surface area contributed by atoms with Crippen molar-refractivity contribution in [1.29, 1.82) is 5.26 Å². The van der Waals surface area contributed by atoms with E-state index in [1.165, 1.54) is 0 Å². The van der Waals surface area contributed by atoms with Gasteiger partial charge in [-0.3, -0.25) is 0 Å². The SMILES string of the molecule is COC(=O)C(CO)OC(O[C@H](C#N)c1ccccc1)C(O)C(=O)OC. The van der Waals surface area contributed by atoms with E-state index in [-0.39, 0.29) is 0 Å². The van der Waals surface area contributed by atoms with E-state index in [2.05, 4.69) is 9.47 Å². The number of methoxy groups -OCH3 is 2. The number of aliphatic hydroxyl groups is 2. The first-order chi connectivity index (χ1) is 12.0. The quantitative estimate of drug-likeness (QED) is 0.452. The molecule has 25 heavy (non-hydrogen) atoms. The van der Waals surface area contributed by atoms with Gasteiger partial charge in [0, 0.05) is 0 Å². The Labute approximate surface area is 144 Å². The molecular formula is C16H19NO8. The molecular weight excluding hydrogens is 334 g/mol. The van der Waals surface area contributed by atoms with Crippen LogP contribution in [0.15, 0.2) is 30.3 Å². The van der Waals surface area contributed by atoms with E-state index in [1.54, 1.807) is 30.3 Å². The van der Waals surface area contributed by atoms with Crippen molar-refractivity contribution in [2.45, 2.75) is 24.6 Å². The fraction of sp³-hybridized carbons (Fsp3) is 0.438. The number of aliphatic hydroxyl groups excluding tert-OH is 2. The lowest BCUT2D eigenvalue weighted by Gasteiger charge is -2.27. The number of ether oxygens (including phenoxy) is 4. The van der Waals surface area contributed by atoms with Gasteiger partial charge in [-0.2, -0.15) is 5.26 Å². The van der Waals surface area contributed by atoms with Crippen molar-refractivity contribution in [3.8, 4) is 6.07 Å². The highest BCUT2D eigenvalue weighted by atomic mass is 16.7. The van der Waals surface area contributed by atoms with Gasteiger partial charge in [0.25, 0.3) is 0 Å². The van der Waals surface area contributed by atoms with Gasteiger partial charge in [-0.15, -0.1) is 0 Å². The number of rotatable bonds is 9. The molecule has 136 valence electrons. The van der Waals surface area contributed by atoms with Crippen LogP contribution in [0.5, 0.6) is 0 Å². The second-order valence-corrected chi connectivity index (χ2v) is 4.72. The average Bonchev–Trinajstić information content (AvgIpc) is 2.67. The van der Waals surface area contributed by atoms with Crippen LogP contribution in [0.1, 0.15) is 11.7 Å². The zero-order valence-corrected chi connectivity index (χ0v) is 13.7. The Hall–Kier alpha value is -2.51. The van der Waals surface area contributed by atoms with Gasteiger partial charge in [-0.05, 0) is 5.56 Å². The van der Waals surface area contributed by atoms with Gasteiger partial charge in [-0.1, -0.05) is 30.3 Å². The number of hydrogen-bond acceptors (Lipinski definition) is 9.